The summed E-state index contributed by atoms with van der Waals surface area (Å²) < 4.78 is 0. The molecule has 22 heavy (non-hydrogen) atoms. The number of aromatic nitrogens is 2. The number of carbonyl (C=O) groups excluding carboxylic acids is 1. The quantitative estimate of drug-likeness (QED) is 0.919. The maximum atomic E-state index is 12.0. The van der Waals surface area contributed by atoms with Crippen LogP contribution >= 0.6 is 11.3 Å². The van der Waals surface area contributed by atoms with Crippen LogP contribution in [-0.4, -0.2) is 27.9 Å². The van der Waals surface area contributed by atoms with E-state index in [-0.39, 0.29) is 5.91 Å². The van der Waals surface area contributed by atoms with Crippen LogP contribution in [0.25, 0.3) is 0 Å². The van der Waals surface area contributed by atoms with Crippen LogP contribution in [0.1, 0.15) is 23.9 Å². The molecule has 1 aromatic heterocycles. The van der Waals surface area contributed by atoms with Gasteiger partial charge < -0.3 is 4.84 Å². The van der Waals surface area contributed by atoms with E-state index in [4.69, 9.17) is 4.84 Å². The van der Waals surface area contributed by atoms with E-state index in [1.54, 1.807) is 0 Å². The maximum Gasteiger partial charge on any atom is 0.270 e. The molecule has 1 aliphatic heterocycles. The molecule has 0 bridgehead atoms. The molecule has 1 N–H and O–H groups in total. The lowest BCUT2D eigenvalue weighted by Crippen LogP contribution is -2.27. The number of benzene rings is 1. The molecule has 0 radical (unpaired) electrons. The van der Waals surface area contributed by atoms with E-state index in [1.807, 2.05) is 25.1 Å². The molecule has 1 aromatic carbocycles. The first-order valence-electron chi connectivity index (χ1n) is 7.07. The number of nitrogens with zero attached hydrogens (tertiary/aromatic N) is 3. The summed E-state index contributed by atoms with van der Waals surface area (Å²) in [7, 11) is 0. The van der Waals surface area contributed by atoms with Gasteiger partial charge in [0.2, 0.25) is 11.2 Å². The van der Waals surface area contributed by atoms with Crippen molar-refractivity contribution in [1.82, 2.24) is 10.2 Å². The molecule has 2 aromatic rings. The molecule has 0 aliphatic carbocycles. The number of hydrogen-bond acceptors (Lipinski definition) is 6. The highest BCUT2D eigenvalue weighted by Gasteiger charge is 2.26. The molecule has 114 valence electrons. The molecule has 7 heteroatoms. The zero-order valence-corrected chi connectivity index (χ0v) is 13.0. The number of nitrogens with one attached hydrogen (secondary N) is 1. The minimum absolute atomic E-state index is 0.230. The highest BCUT2D eigenvalue weighted by atomic mass is 32.1. The third-order valence-corrected chi connectivity index (χ3v) is 4.17. The lowest BCUT2D eigenvalue weighted by Gasteiger charge is -2.06. The van der Waals surface area contributed by atoms with Crippen LogP contribution in [0.2, 0.25) is 0 Å². The van der Waals surface area contributed by atoms with Gasteiger partial charge in [-0.3, -0.25) is 10.1 Å². The van der Waals surface area contributed by atoms with Gasteiger partial charge in [0.15, 0.2) is 0 Å². The van der Waals surface area contributed by atoms with Crippen molar-refractivity contribution in [2.24, 2.45) is 5.16 Å². The van der Waals surface area contributed by atoms with Gasteiger partial charge in [-0.25, -0.2) is 0 Å². The highest BCUT2D eigenvalue weighted by molar-refractivity contribution is 7.15. The summed E-state index contributed by atoms with van der Waals surface area (Å²) in [4.78, 5) is 17.0. The Hall–Kier alpha value is -2.28. The van der Waals surface area contributed by atoms with Gasteiger partial charge in [0.1, 0.15) is 5.01 Å². The molecule has 0 saturated carbocycles. The Kier molecular flexibility index (Phi) is 4.43. The van der Waals surface area contributed by atoms with E-state index < -0.39 is 6.10 Å². The summed E-state index contributed by atoms with van der Waals surface area (Å²) in [6.07, 6.45) is 1.67. The molecule has 6 nitrogen and oxygen atoms in total. The summed E-state index contributed by atoms with van der Waals surface area (Å²) >= 11 is 1.39. The number of amides is 1. The van der Waals surface area contributed by atoms with E-state index in [1.165, 1.54) is 16.9 Å². The normalized spacial score (nSPS) is 17.0. The average molecular weight is 316 g/mol. The molecule has 0 fully saturated rings. The first kappa shape index (κ1) is 14.6. The first-order chi connectivity index (χ1) is 10.7. The second-order valence-corrected chi connectivity index (χ2v) is 6.16. The fourth-order valence-electron chi connectivity index (χ4n) is 2.12. The summed E-state index contributed by atoms with van der Waals surface area (Å²) in [5.41, 5.74) is 2.08. The SMILES string of the molecule is CC1=NOC(C(=O)Nc2nnc(CCc3ccccc3)s2)C1. The average Bonchev–Trinajstić information content (AvgIpc) is 3.15. The van der Waals surface area contributed by atoms with Crippen LogP contribution < -0.4 is 5.32 Å². The monoisotopic (exact) mass is 316 g/mol. The fourth-order valence-corrected chi connectivity index (χ4v) is 2.87. The minimum Gasteiger partial charge on any atom is -0.382 e. The van der Waals surface area contributed by atoms with Crippen LogP contribution in [0.3, 0.4) is 0 Å². The second kappa shape index (κ2) is 6.65. The van der Waals surface area contributed by atoms with E-state index in [0.717, 1.165) is 23.6 Å². The van der Waals surface area contributed by atoms with Gasteiger partial charge in [-0.15, -0.1) is 10.2 Å². The van der Waals surface area contributed by atoms with Crippen molar-refractivity contribution < 1.29 is 9.63 Å². The smallest absolute Gasteiger partial charge is 0.270 e. The predicted octanol–water partition coefficient (Wildman–Crippen LogP) is 2.43. The van der Waals surface area contributed by atoms with Crippen LogP contribution in [0, 0.1) is 0 Å². The van der Waals surface area contributed by atoms with Crippen molar-refractivity contribution in [2.45, 2.75) is 32.3 Å². The number of rotatable bonds is 5. The standard InChI is InChI=1S/C15H16N4O2S/c1-10-9-12(21-19-10)14(20)16-15-18-17-13(22-15)8-7-11-5-3-2-4-6-11/h2-6,12H,7-9H2,1H3,(H,16,18,20). The Labute approximate surface area is 132 Å². The third kappa shape index (κ3) is 3.67. The van der Waals surface area contributed by atoms with E-state index in [2.05, 4.69) is 32.8 Å². The van der Waals surface area contributed by atoms with E-state index in [9.17, 15) is 4.79 Å². The summed E-state index contributed by atoms with van der Waals surface area (Å²) in [6, 6.07) is 10.2. The lowest BCUT2D eigenvalue weighted by atomic mass is 10.1. The van der Waals surface area contributed by atoms with Crippen molar-refractivity contribution in [1.29, 1.82) is 0 Å². The van der Waals surface area contributed by atoms with Gasteiger partial charge in [-0.2, -0.15) is 0 Å². The Bertz CT molecular complexity index is 684. The molecule has 2 heterocycles. The largest absolute Gasteiger partial charge is 0.382 e. The minimum atomic E-state index is -0.559. The number of oxime groups is 1. The summed E-state index contributed by atoms with van der Waals surface area (Å²) in [5, 5.41) is 16.0. The Morgan fingerprint density at radius 2 is 2.14 bits per heavy atom. The van der Waals surface area contributed by atoms with Crippen molar-refractivity contribution in [3.8, 4) is 0 Å². The van der Waals surface area contributed by atoms with Crippen molar-refractivity contribution in [3.05, 3.63) is 40.9 Å². The molecular formula is C15H16N4O2S. The first-order valence-corrected chi connectivity index (χ1v) is 7.89. The lowest BCUT2D eigenvalue weighted by molar-refractivity contribution is -0.125. The van der Waals surface area contributed by atoms with Gasteiger partial charge >= 0.3 is 0 Å². The fraction of sp³-hybridized carbons (Fsp3) is 0.333. The van der Waals surface area contributed by atoms with Crippen LogP contribution in [0.4, 0.5) is 5.13 Å². The van der Waals surface area contributed by atoms with Gasteiger partial charge in [0.05, 0.1) is 5.71 Å². The molecule has 3 rings (SSSR count). The van der Waals surface area contributed by atoms with Crippen molar-refractivity contribution in [3.63, 3.8) is 0 Å². The zero-order valence-electron chi connectivity index (χ0n) is 12.2. The second-order valence-electron chi connectivity index (χ2n) is 5.10. The van der Waals surface area contributed by atoms with E-state index >= 15 is 0 Å². The topological polar surface area (TPSA) is 76.5 Å². The number of hydrogen-bond donors (Lipinski definition) is 1. The predicted molar refractivity (Wildman–Crippen MR) is 85.0 cm³/mol. The Balaban J connectivity index is 1.52. The van der Waals surface area contributed by atoms with Gasteiger partial charge in [-0.1, -0.05) is 46.8 Å². The molecular weight excluding hydrogens is 300 g/mol. The zero-order chi connectivity index (χ0) is 15.4. The molecule has 1 amide bonds. The van der Waals surface area contributed by atoms with Crippen LogP contribution in [-0.2, 0) is 22.5 Å². The molecule has 1 atom stereocenters. The van der Waals surface area contributed by atoms with E-state index in [0.29, 0.717) is 11.6 Å². The molecule has 1 unspecified atom stereocenters. The number of anilines is 1. The van der Waals surface area contributed by atoms with Gasteiger partial charge in [-0.05, 0) is 18.9 Å². The summed E-state index contributed by atoms with van der Waals surface area (Å²) in [6.45, 7) is 1.83. The van der Waals surface area contributed by atoms with Crippen molar-refractivity contribution in [2.75, 3.05) is 5.32 Å². The Morgan fingerprint density at radius 1 is 1.32 bits per heavy atom. The number of carbonyl (C=O) groups is 1. The van der Waals surface area contributed by atoms with Crippen LogP contribution in [0.15, 0.2) is 35.5 Å². The number of aryl methyl sites for hydroxylation is 2. The van der Waals surface area contributed by atoms with Gasteiger partial charge in [0.25, 0.3) is 5.91 Å². The summed E-state index contributed by atoms with van der Waals surface area (Å²) in [5.74, 6) is -0.230. The third-order valence-electron chi connectivity index (χ3n) is 3.28. The van der Waals surface area contributed by atoms with Crippen molar-refractivity contribution >= 4 is 28.1 Å². The molecule has 0 saturated heterocycles. The maximum absolute atomic E-state index is 12.0. The molecule has 0 spiro atoms. The molecule has 1 aliphatic rings. The Morgan fingerprint density at radius 3 is 2.86 bits per heavy atom. The van der Waals surface area contributed by atoms with Gasteiger partial charge in [0, 0.05) is 12.8 Å². The highest BCUT2D eigenvalue weighted by Crippen LogP contribution is 2.19. The van der Waals surface area contributed by atoms with Crippen LogP contribution in [0.5, 0.6) is 0 Å².